The fraction of sp³-hybridized carbons (Fsp3) is 0.125. The van der Waals surface area contributed by atoms with Crippen LogP contribution in [-0.4, -0.2) is 16.2 Å². The Labute approximate surface area is 74.2 Å². The molecule has 1 rings (SSSR count). The predicted molar refractivity (Wildman–Crippen MR) is 44.8 cm³/mol. The van der Waals surface area contributed by atoms with E-state index >= 15 is 0 Å². The van der Waals surface area contributed by atoms with Crippen LogP contribution in [-0.2, 0) is 0 Å². The molecule has 0 atom stereocenters. The van der Waals surface area contributed by atoms with Gasteiger partial charge in [0.25, 0.3) is 0 Å². The number of aromatic carboxylic acids is 1. The summed E-state index contributed by atoms with van der Waals surface area (Å²) in [4.78, 5) is 10.6. The maximum absolute atomic E-state index is 10.6. The van der Waals surface area contributed by atoms with Crippen molar-refractivity contribution in [2.75, 3.05) is 0 Å². The van der Waals surface area contributed by atoms with Gasteiger partial charge in [-0.15, -0.1) is 0 Å². The van der Waals surface area contributed by atoms with Crippen molar-refractivity contribution in [3.8, 4) is 5.75 Å². The maximum atomic E-state index is 10.6. The normalized spacial score (nSPS) is 9.83. The monoisotopic (exact) mass is 186 g/mol. The first-order valence-electron chi connectivity index (χ1n) is 3.25. The largest absolute Gasteiger partial charge is 0.507 e. The Hall–Kier alpha value is -1.22. The van der Waals surface area contributed by atoms with Crippen molar-refractivity contribution in [1.82, 2.24) is 0 Å². The Balaban J connectivity index is 3.43. The van der Waals surface area contributed by atoms with Gasteiger partial charge in [0.1, 0.15) is 11.3 Å². The summed E-state index contributed by atoms with van der Waals surface area (Å²) in [5.74, 6) is -1.49. The van der Waals surface area contributed by atoms with Crippen LogP contribution < -0.4 is 0 Å². The van der Waals surface area contributed by atoms with E-state index in [4.69, 9.17) is 16.7 Å². The molecule has 1 aromatic carbocycles. The zero-order chi connectivity index (χ0) is 9.30. The quantitative estimate of drug-likeness (QED) is 0.706. The first kappa shape index (κ1) is 8.87. The van der Waals surface area contributed by atoms with Crippen molar-refractivity contribution in [1.29, 1.82) is 0 Å². The molecule has 3 nitrogen and oxygen atoms in total. The minimum Gasteiger partial charge on any atom is -0.507 e. The van der Waals surface area contributed by atoms with E-state index in [0.29, 0.717) is 5.56 Å². The van der Waals surface area contributed by atoms with Crippen LogP contribution in [0.1, 0.15) is 15.9 Å². The van der Waals surface area contributed by atoms with Crippen LogP contribution in [0.2, 0.25) is 5.02 Å². The summed E-state index contributed by atoms with van der Waals surface area (Å²) in [5.41, 5.74) is 0.258. The highest BCUT2D eigenvalue weighted by Crippen LogP contribution is 2.28. The van der Waals surface area contributed by atoms with Crippen molar-refractivity contribution in [2.24, 2.45) is 0 Å². The van der Waals surface area contributed by atoms with Crippen molar-refractivity contribution >= 4 is 17.6 Å². The summed E-state index contributed by atoms with van der Waals surface area (Å²) in [5, 5.41) is 18.0. The Bertz CT molecular complexity index is 333. The number of carbonyl (C=O) groups is 1. The zero-order valence-electron chi connectivity index (χ0n) is 6.34. The van der Waals surface area contributed by atoms with Crippen LogP contribution in [0.5, 0.6) is 5.75 Å². The van der Waals surface area contributed by atoms with Crippen LogP contribution >= 0.6 is 11.6 Å². The Morgan fingerprint density at radius 3 is 2.50 bits per heavy atom. The van der Waals surface area contributed by atoms with Gasteiger partial charge in [-0.3, -0.25) is 0 Å². The lowest BCUT2D eigenvalue weighted by molar-refractivity contribution is 0.0694. The summed E-state index contributed by atoms with van der Waals surface area (Å²) < 4.78 is 0. The van der Waals surface area contributed by atoms with E-state index in [-0.39, 0.29) is 16.3 Å². The van der Waals surface area contributed by atoms with E-state index in [1.54, 1.807) is 13.0 Å². The minimum atomic E-state index is -1.22. The van der Waals surface area contributed by atoms with Gasteiger partial charge in [0.15, 0.2) is 0 Å². The molecule has 1 aromatic rings. The average Bonchev–Trinajstić information content (AvgIpc) is 1.97. The molecule has 0 aliphatic rings. The fourth-order valence-corrected chi connectivity index (χ4v) is 1.11. The lowest BCUT2D eigenvalue weighted by Gasteiger charge is -2.03. The number of carboxylic acids is 1. The van der Waals surface area contributed by atoms with E-state index in [1.807, 2.05) is 0 Å². The van der Waals surface area contributed by atoms with Gasteiger partial charge in [0.2, 0.25) is 0 Å². The van der Waals surface area contributed by atoms with Gasteiger partial charge in [0, 0.05) is 0 Å². The molecule has 2 N–H and O–H groups in total. The minimum absolute atomic E-state index is 0.0469. The third kappa shape index (κ3) is 1.36. The molecule has 0 radical (unpaired) electrons. The number of halogens is 1. The number of phenols is 1. The summed E-state index contributed by atoms with van der Waals surface area (Å²) >= 11 is 5.56. The Morgan fingerprint density at radius 2 is 2.08 bits per heavy atom. The number of rotatable bonds is 1. The lowest BCUT2D eigenvalue weighted by Crippen LogP contribution is -1.98. The molecular formula is C8H7ClO3. The molecule has 0 spiro atoms. The summed E-state index contributed by atoms with van der Waals surface area (Å²) in [6.45, 7) is 1.61. The van der Waals surface area contributed by atoms with E-state index in [1.165, 1.54) is 6.07 Å². The van der Waals surface area contributed by atoms with E-state index in [9.17, 15) is 9.90 Å². The maximum Gasteiger partial charge on any atom is 0.341 e. The predicted octanol–water partition coefficient (Wildman–Crippen LogP) is 2.05. The first-order chi connectivity index (χ1) is 5.54. The van der Waals surface area contributed by atoms with E-state index in [2.05, 4.69) is 0 Å². The van der Waals surface area contributed by atoms with Crippen LogP contribution in [0, 0.1) is 6.92 Å². The van der Waals surface area contributed by atoms with E-state index in [0.717, 1.165) is 0 Å². The first-order valence-corrected chi connectivity index (χ1v) is 3.63. The molecule has 0 aliphatic heterocycles. The molecule has 0 aliphatic carbocycles. The second-order valence-electron chi connectivity index (χ2n) is 2.39. The van der Waals surface area contributed by atoms with Crippen LogP contribution in [0.4, 0.5) is 0 Å². The van der Waals surface area contributed by atoms with Crippen LogP contribution in [0.15, 0.2) is 12.1 Å². The van der Waals surface area contributed by atoms with Crippen LogP contribution in [0.3, 0.4) is 0 Å². The summed E-state index contributed by atoms with van der Waals surface area (Å²) in [6.07, 6.45) is 0. The van der Waals surface area contributed by atoms with Gasteiger partial charge < -0.3 is 10.2 Å². The number of benzene rings is 1. The van der Waals surface area contributed by atoms with Crippen LogP contribution in [0.25, 0.3) is 0 Å². The third-order valence-electron chi connectivity index (χ3n) is 1.54. The zero-order valence-corrected chi connectivity index (χ0v) is 7.09. The van der Waals surface area contributed by atoms with Crippen molar-refractivity contribution in [3.63, 3.8) is 0 Å². The molecule has 0 bridgehead atoms. The summed E-state index contributed by atoms with van der Waals surface area (Å²) in [6, 6.07) is 3.00. The second kappa shape index (κ2) is 3.03. The molecular weight excluding hydrogens is 180 g/mol. The third-order valence-corrected chi connectivity index (χ3v) is 1.86. The molecule has 0 fully saturated rings. The van der Waals surface area contributed by atoms with Gasteiger partial charge in [-0.05, 0) is 18.6 Å². The Morgan fingerprint density at radius 1 is 1.50 bits per heavy atom. The molecule has 0 saturated heterocycles. The number of carboxylic acid groups (broad SMARTS) is 1. The summed E-state index contributed by atoms with van der Waals surface area (Å²) in [7, 11) is 0. The molecule has 0 heterocycles. The molecule has 0 unspecified atom stereocenters. The van der Waals surface area contributed by atoms with Gasteiger partial charge in [0.05, 0.1) is 5.02 Å². The standard InChI is InChI=1S/C8H7ClO3/c1-4-2-3-5(9)6(7(4)10)8(11)12/h2-3,10H,1H3,(H,11,12). The van der Waals surface area contributed by atoms with E-state index < -0.39 is 5.97 Å². The average molecular weight is 187 g/mol. The second-order valence-corrected chi connectivity index (χ2v) is 2.80. The van der Waals surface area contributed by atoms with Crippen molar-refractivity contribution in [2.45, 2.75) is 6.92 Å². The lowest BCUT2D eigenvalue weighted by atomic mass is 10.1. The molecule has 64 valence electrons. The highest BCUT2D eigenvalue weighted by atomic mass is 35.5. The highest BCUT2D eigenvalue weighted by molar-refractivity contribution is 6.33. The van der Waals surface area contributed by atoms with Crippen molar-refractivity contribution in [3.05, 3.63) is 28.3 Å². The highest BCUT2D eigenvalue weighted by Gasteiger charge is 2.15. The van der Waals surface area contributed by atoms with Gasteiger partial charge in [-0.25, -0.2) is 4.79 Å². The molecule has 12 heavy (non-hydrogen) atoms. The SMILES string of the molecule is Cc1ccc(Cl)c(C(=O)O)c1O. The smallest absolute Gasteiger partial charge is 0.341 e. The Kier molecular flexibility index (Phi) is 2.24. The number of aryl methyl sites for hydroxylation is 1. The molecule has 0 saturated carbocycles. The number of hydrogen-bond acceptors (Lipinski definition) is 2. The van der Waals surface area contributed by atoms with Gasteiger partial charge in [-0.1, -0.05) is 17.7 Å². The molecule has 0 amide bonds. The van der Waals surface area contributed by atoms with Crippen molar-refractivity contribution < 1.29 is 15.0 Å². The number of hydrogen-bond donors (Lipinski definition) is 2. The van der Waals surface area contributed by atoms with Gasteiger partial charge >= 0.3 is 5.97 Å². The topological polar surface area (TPSA) is 57.5 Å². The number of aromatic hydroxyl groups is 1. The van der Waals surface area contributed by atoms with Gasteiger partial charge in [-0.2, -0.15) is 0 Å². The molecule has 0 aromatic heterocycles. The molecule has 4 heteroatoms. The fourth-order valence-electron chi connectivity index (χ4n) is 0.874.